The number of esters is 2. The molecule has 2 bridgehead atoms. The molecule has 0 amide bonds. The number of fused-ring (bicyclic) bond motifs is 3. The molecule has 2 aliphatic carbocycles. The highest BCUT2D eigenvalue weighted by Crippen LogP contribution is 2.40. The van der Waals surface area contributed by atoms with E-state index in [2.05, 4.69) is 0 Å². The first-order valence-corrected chi connectivity index (χ1v) is 14.5. The lowest BCUT2D eigenvalue weighted by Crippen LogP contribution is -2.55. The Morgan fingerprint density at radius 2 is 1.32 bits per heavy atom. The normalized spacial score (nSPS) is 28.3. The molecule has 1 aromatic rings. The van der Waals surface area contributed by atoms with Gasteiger partial charge in [0.1, 0.15) is 0 Å². The van der Waals surface area contributed by atoms with Crippen molar-refractivity contribution in [3.05, 3.63) is 31.5 Å². The predicted molar refractivity (Wildman–Crippen MR) is 139 cm³/mol. The highest BCUT2D eigenvalue weighted by atomic mass is 16.6. The monoisotopic (exact) mass is 565 g/mol. The average molecular weight is 566 g/mol. The standard InChI is InChI=1S/C27H39N3O10/c31-12-11-30-26(35)28(9-1-3-23(32)37-15-17-5-8-20-22(13-17)40-20)25(34)29(27(30)36)10-2-4-24(33)38-16-18-6-7-19-14-21(18)39-19/h17-22,31H,1-16H2. The molecule has 1 N–H and O–H groups in total. The molecule has 6 unspecified atom stereocenters. The summed E-state index contributed by atoms with van der Waals surface area (Å²) in [4.78, 5) is 63.2. The van der Waals surface area contributed by atoms with Crippen molar-refractivity contribution in [2.75, 3.05) is 19.8 Å². The number of carbonyl (C=O) groups excluding carboxylic acids is 2. The van der Waals surface area contributed by atoms with Crippen LogP contribution in [0.4, 0.5) is 0 Å². The maximum atomic E-state index is 13.1. The molecule has 5 aliphatic rings. The second kappa shape index (κ2) is 12.8. The largest absolute Gasteiger partial charge is 0.465 e. The fourth-order valence-corrected chi connectivity index (χ4v) is 6.07. The molecular weight excluding hydrogens is 526 g/mol. The third-order valence-corrected chi connectivity index (χ3v) is 8.53. The molecule has 0 spiro atoms. The Kier molecular flexibility index (Phi) is 9.21. The highest BCUT2D eigenvalue weighted by molar-refractivity contribution is 5.69. The van der Waals surface area contributed by atoms with Gasteiger partial charge in [0.25, 0.3) is 0 Å². The number of hydrogen-bond acceptors (Lipinski definition) is 10. The number of aromatic nitrogens is 3. The Hall–Kier alpha value is -2.77. The summed E-state index contributed by atoms with van der Waals surface area (Å²) in [5.41, 5.74) is -2.51. The molecule has 1 aromatic heterocycles. The van der Waals surface area contributed by atoms with E-state index in [-0.39, 0.29) is 63.3 Å². The van der Waals surface area contributed by atoms with E-state index in [1.807, 2.05) is 0 Å². The SMILES string of the molecule is O=C(CCCn1c(=O)n(CCO)c(=O)n(CCCC(=O)OCC2CCC3CC2O3)c1=O)OCC1CCC2OC2C1. The number of hydrogen-bond donors (Lipinski definition) is 1. The molecule has 222 valence electrons. The smallest absolute Gasteiger partial charge is 0.336 e. The molecule has 0 aromatic carbocycles. The molecule has 3 aliphatic heterocycles. The Balaban J connectivity index is 1.11. The predicted octanol–water partition coefficient (Wildman–Crippen LogP) is -0.0542. The minimum absolute atomic E-state index is 0.00619. The van der Waals surface area contributed by atoms with Gasteiger partial charge in [-0.3, -0.25) is 9.59 Å². The molecule has 6 rings (SSSR count). The van der Waals surface area contributed by atoms with Crippen LogP contribution in [0.5, 0.6) is 0 Å². The van der Waals surface area contributed by atoms with Crippen molar-refractivity contribution < 1.29 is 33.6 Å². The number of carbonyl (C=O) groups is 2. The van der Waals surface area contributed by atoms with E-state index in [4.69, 9.17) is 18.9 Å². The molecule has 40 heavy (non-hydrogen) atoms. The molecule has 5 fully saturated rings. The number of rotatable bonds is 14. The third-order valence-electron chi connectivity index (χ3n) is 8.53. The number of aliphatic hydroxyl groups excluding tert-OH is 1. The van der Waals surface area contributed by atoms with Crippen molar-refractivity contribution in [2.24, 2.45) is 11.8 Å². The van der Waals surface area contributed by atoms with Crippen LogP contribution in [-0.4, -0.2) is 75.0 Å². The Morgan fingerprint density at radius 3 is 1.88 bits per heavy atom. The van der Waals surface area contributed by atoms with E-state index < -0.39 is 35.6 Å². The second-order valence-electron chi connectivity index (χ2n) is 11.4. The maximum absolute atomic E-state index is 13.1. The summed E-state index contributed by atoms with van der Waals surface area (Å²) >= 11 is 0. The van der Waals surface area contributed by atoms with Crippen molar-refractivity contribution in [1.82, 2.24) is 13.7 Å². The second-order valence-corrected chi connectivity index (χ2v) is 11.4. The summed E-state index contributed by atoms with van der Waals surface area (Å²) in [6.45, 7) is -0.301. The molecular formula is C27H39N3O10. The van der Waals surface area contributed by atoms with Crippen LogP contribution in [0.3, 0.4) is 0 Å². The van der Waals surface area contributed by atoms with Gasteiger partial charge in [0.05, 0.1) is 50.8 Å². The molecule has 13 heteroatoms. The van der Waals surface area contributed by atoms with Gasteiger partial charge in [-0.15, -0.1) is 0 Å². The molecule has 13 nitrogen and oxygen atoms in total. The zero-order valence-electron chi connectivity index (χ0n) is 22.7. The lowest BCUT2D eigenvalue weighted by Gasteiger charge is -2.46. The summed E-state index contributed by atoms with van der Waals surface area (Å²) in [5.74, 6) is -0.342. The topological polar surface area (TPSA) is 161 Å². The van der Waals surface area contributed by atoms with Gasteiger partial charge in [-0.25, -0.2) is 28.1 Å². The van der Waals surface area contributed by atoms with Crippen molar-refractivity contribution in [2.45, 2.75) is 108 Å². The number of aliphatic hydroxyl groups is 1. The van der Waals surface area contributed by atoms with Gasteiger partial charge in [0.15, 0.2) is 0 Å². The first-order valence-electron chi connectivity index (χ1n) is 14.5. The summed E-state index contributed by atoms with van der Waals surface area (Å²) in [6, 6.07) is 0. The number of ether oxygens (including phenoxy) is 4. The Bertz CT molecular complexity index is 1240. The lowest BCUT2D eigenvalue weighted by molar-refractivity contribution is -0.196. The van der Waals surface area contributed by atoms with Crippen LogP contribution >= 0.6 is 0 Å². The lowest BCUT2D eigenvalue weighted by atomic mass is 9.80. The summed E-state index contributed by atoms with van der Waals surface area (Å²) in [7, 11) is 0. The zero-order valence-corrected chi connectivity index (χ0v) is 22.7. The number of nitrogens with zero attached hydrogens (tertiary/aromatic N) is 3. The molecule has 2 saturated carbocycles. The fourth-order valence-electron chi connectivity index (χ4n) is 6.07. The van der Waals surface area contributed by atoms with Crippen molar-refractivity contribution in [3.8, 4) is 0 Å². The highest BCUT2D eigenvalue weighted by Gasteiger charge is 2.44. The summed E-state index contributed by atoms with van der Waals surface area (Å²) in [5, 5.41) is 9.36. The van der Waals surface area contributed by atoms with Crippen LogP contribution < -0.4 is 17.1 Å². The Morgan fingerprint density at radius 1 is 0.725 bits per heavy atom. The van der Waals surface area contributed by atoms with Crippen LogP contribution in [0.25, 0.3) is 0 Å². The van der Waals surface area contributed by atoms with E-state index >= 15 is 0 Å². The van der Waals surface area contributed by atoms with E-state index in [9.17, 15) is 29.1 Å². The van der Waals surface area contributed by atoms with Gasteiger partial charge in [0.2, 0.25) is 0 Å². The zero-order chi connectivity index (χ0) is 28.2. The minimum Gasteiger partial charge on any atom is -0.465 e. The van der Waals surface area contributed by atoms with Gasteiger partial charge in [-0.05, 0) is 50.9 Å². The van der Waals surface area contributed by atoms with Crippen molar-refractivity contribution in [1.29, 1.82) is 0 Å². The van der Waals surface area contributed by atoms with Crippen LogP contribution in [0.1, 0.15) is 64.2 Å². The van der Waals surface area contributed by atoms with E-state index in [0.29, 0.717) is 31.5 Å². The fraction of sp³-hybridized carbons (Fsp3) is 0.815. The van der Waals surface area contributed by atoms with Crippen LogP contribution in [0.2, 0.25) is 0 Å². The van der Waals surface area contributed by atoms with Gasteiger partial charge in [0, 0.05) is 38.3 Å². The average Bonchev–Trinajstić information content (AvgIpc) is 3.71. The first kappa shape index (κ1) is 28.7. The molecule has 0 radical (unpaired) electrons. The van der Waals surface area contributed by atoms with Crippen LogP contribution in [0.15, 0.2) is 14.4 Å². The van der Waals surface area contributed by atoms with Crippen LogP contribution in [-0.2, 0) is 48.2 Å². The van der Waals surface area contributed by atoms with E-state index in [1.54, 1.807) is 0 Å². The molecule has 3 saturated heterocycles. The first-order chi connectivity index (χ1) is 19.3. The van der Waals surface area contributed by atoms with Crippen LogP contribution in [0, 0.1) is 11.8 Å². The Labute approximate surface area is 231 Å². The third kappa shape index (κ3) is 6.74. The van der Waals surface area contributed by atoms with E-state index in [0.717, 1.165) is 52.2 Å². The van der Waals surface area contributed by atoms with Gasteiger partial charge in [-0.2, -0.15) is 0 Å². The summed E-state index contributed by atoms with van der Waals surface area (Å²) in [6.07, 6.45) is 7.36. The van der Waals surface area contributed by atoms with E-state index in [1.165, 1.54) is 0 Å². The van der Waals surface area contributed by atoms with Gasteiger partial charge < -0.3 is 24.1 Å². The molecule has 4 heterocycles. The van der Waals surface area contributed by atoms with Gasteiger partial charge >= 0.3 is 29.0 Å². The maximum Gasteiger partial charge on any atom is 0.336 e. The minimum atomic E-state index is -0.846. The van der Waals surface area contributed by atoms with Gasteiger partial charge in [-0.1, -0.05) is 0 Å². The van der Waals surface area contributed by atoms with Crippen molar-refractivity contribution >= 4 is 11.9 Å². The number of epoxide rings is 1. The quantitative estimate of drug-likeness (QED) is 0.239. The van der Waals surface area contributed by atoms with Crippen molar-refractivity contribution in [3.63, 3.8) is 0 Å². The summed E-state index contributed by atoms with van der Waals surface area (Å²) < 4.78 is 24.5. The molecule has 6 atom stereocenters.